The number of aromatic nitrogens is 1. The van der Waals surface area contributed by atoms with Crippen molar-refractivity contribution >= 4 is 17.4 Å². The molecule has 1 aromatic heterocycles. The Bertz CT molecular complexity index is 992. The first-order chi connectivity index (χ1) is 14.7. The molecule has 0 radical (unpaired) electrons. The van der Waals surface area contributed by atoms with Crippen LogP contribution in [0.1, 0.15) is 52.7 Å². The molecule has 1 fully saturated rings. The van der Waals surface area contributed by atoms with Crippen LogP contribution in [-0.2, 0) is 6.18 Å². The van der Waals surface area contributed by atoms with Crippen LogP contribution in [0.3, 0.4) is 0 Å². The average Bonchev–Trinajstić information content (AvgIpc) is 2.74. The van der Waals surface area contributed by atoms with Gasteiger partial charge in [-0.3, -0.25) is 4.79 Å². The van der Waals surface area contributed by atoms with Crippen LogP contribution in [0.25, 0.3) is 0 Å². The van der Waals surface area contributed by atoms with Gasteiger partial charge < -0.3 is 16.0 Å². The van der Waals surface area contributed by atoms with Gasteiger partial charge in [-0.2, -0.15) is 18.4 Å². The number of rotatable bonds is 5. The van der Waals surface area contributed by atoms with Gasteiger partial charge >= 0.3 is 6.18 Å². The summed E-state index contributed by atoms with van der Waals surface area (Å²) in [7, 11) is 1.73. The van der Waals surface area contributed by atoms with Crippen molar-refractivity contribution in [3.05, 3.63) is 52.7 Å². The minimum absolute atomic E-state index is 0.00149. The van der Waals surface area contributed by atoms with Gasteiger partial charge in [-0.15, -0.1) is 0 Å². The first-order valence-electron chi connectivity index (χ1n) is 10.0. The van der Waals surface area contributed by atoms with E-state index in [9.17, 15) is 18.0 Å². The summed E-state index contributed by atoms with van der Waals surface area (Å²) in [4.78, 5) is 16.6. The molecule has 0 unspecified atom stereocenters. The van der Waals surface area contributed by atoms with Crippen LogP contribution < -0.4 is 16.0 Å². The van der Waals surface area contributed by atoms with Crippen molar-refractivity contribution in [3.63, 3.8) is 0 Å². The summed E-state index contributed by atoms with van der Waals surface area (Å²) in [5.74, 6) is 0.435. The molecule has 3 N–H and O–H groups in total. The van der Waals surface area contributed by atoms with Gasteiger partial charge in [0.25, 0.3) is 5.91 Å². The maximum atomic E-state index is 13.3. The van der Waals surface area contributed by atoms with Crippen molar-refractivity contribution < 1.29 is 18.0 Å². The number of aryl methyl sites for hydroxylation is 1. The SMILES string of the molecule is CNc1cc(C(=O)NC2CCC(Nc3cc(C)c(C#N)c(C(F)(F)F)c3)CC2)ccn1. The van der Waals surface area contributed by atoms with E-state index in [0.29, 0.717) is 35.5 Å². The molecule has 1 heterocycles. The second-order valence-electron chi connectivity index (χ2n) is 7.67. The quantitative estimate of drug-likeness (QED) is 0.650. The minimum Gasteiger partial charge on any atom is -0.382 e. The third-order valence-electron chi connectivity index (χ3n) is 5.46. The number of alkyl halides is 3. The lowest BCUT2D eigenvalue weighted by molar-refractivity contribution is -0.137. The number of nitrogens with one attached hydrogen (secondary N) is 3. The molecule has 1 aromatic carbocycles. The van der Waals surface area contributed by atoms with E-state index in [0.717, 1.165) is 18.9 Å². The first-order valence-corrected chi connectivity index (χ1v) is 10.0. The van der Waals surface area contributed by atoms with Crippen LogP contribution >= 0.6 is 0 Å². The number of nitriles is 1. The summed E-state index contributed by atoms with van der Waals surface area (Å²) in [6.07, 6.45) is -0.164. The highest BCUT2D eigenvalue weighted by Crippen LogP contribution is 2.36. The van der Waals surface area contributed by atoms with Crippen LogP contribution in [0, 0.1) is 18.3 Å². The van der Waals surface area contributed by atoms with Gasteiger partial charge in [-0.05, 0) is 62.4 Å². The molecular formula is C22H24F3N5O. The number of nitrogens with zero attached hydrogens (tertiary/aromatic N) is 2. The molecule has 0 saturated heterocycles. The summed E-state index contributed by atoms with van der Waals surface area (Å²) < 4.78 is 39.9. The topological polar surface area (TPSA) is 89.8 Å². The number of anilines is 2. The van der Waals surface area contributed by atoms with E-state index >= 15 is 0 Å². The van der Waals surface area contributed by atoms with Crippen molar-refractivity contribution in [2.45, 2.75) is 50.9 Å². The highest BCUT2D eigenvalue weighted by Gasteiger charge is 2.35. The summed E-state index contributed by atoms with van der Waals surface area (Å²) in [5, 5.41) is 18.2. The lowest BCUT2D eigenvalue weighted by Gasteiger charge is -2.30. The van der Waals surface area contributed by atoms with E-state index in [4.69, 9.17) is 5.26 Å². The van der Waals surface area contributed by atoms with Gasteiger partial charge in [0.1, 0.15) is 11.9 Å². The smallest absolute Gasteiger partial charge is 0.382 e. The Kier molecular flexibility index (Phi) is 6.68. The van der Waals surface area contributed by atoms with Gasteiger partial charge in [0.2, 0.25) is 0 Å². The number of carbonyl (C=O) groups is 1. The normalized spacial score (nSPS) is 18.7. The highest BCUT2D eigenvalue weighted by molar-refractivity contribution is 5.95. The molecule has 0 aliphatic heterocycles. The number of amides is 1. The molecule has 6 nitrogen and oxygen atoms in total. The van der Waals surface area contributed by atoms with Gasteiger partial charge in [0.15, 0.2) is 0 Å². The molecule has 0 bridgehead atoms. The largest absolute Gasteiger partial charge is 0.417 e. The van der Waals surface area contributed by atoms with Gasteiger partial charge in [-0.1, -0.05) is 0 Å². The van der Waals surface area contributed by atoms with Crippen LogP contribution in [-0.4, -0.2) is 30.0 Å². The molecular weight excluding hydrogens is 407 g/mol. The number of hydrogen-bond donors (Lipinski definition) is 3. The van der Waals surface area contributed by atoms with Crippen LogP contribution in [0.4, 0.5) is 24.7 Å². The molecule has 2 aromatic rings. The van der Waals surface area contributed by atoms with E-state index in [1.807, 2.05) is 0 Å². The fraction of sp³-hybridized carbons (Fsp3) is 0.409. The number of carbonyl (C=O) groups excluding carboxylic acids is 1. The summed E-state index contributed by atoms with van der Waals surface area (Å²) >= 11 is 0. The third kappa shape index (κ3) is 5.45. The standard InChI is InChI=1S/C22H24F3N5O/c1-13-9-17(11-19(18(13)12-26)22(23,24)25)29-15-3-5-16(6-4-15)30-21(31)14-7-8-28-20(10-14)27-2/h7-11,15-16,29H,3-6H2,1-2H3,(H,27,28)(H,30,31). The van der Waals surface area contributed by atoms with Gasteiger partial charge in [0.05, 0.1) is 11.1 Å². The third-order valence-corrected chi connectivity index (χ3v) is 5.46. The summed E-state index contributed by atoms with van der Waals surface area (Å²) in [6, 6.07) is 7.55. The Morgan fingerprint density at radius 1 is 1.16 bits per heavy atom. The van der Waals surface area contributed by atoms with Crippen LogP contribution in [0.15, 0.2) is 30.5 Å². The molecule has 0 atom stereocenters. The van der Waals surface area contributed by atoms with Crippen molar-refractivity contribution in [1.82, 2.24) is 10.3 Å². The Morgan fingerprint density at radius 2 is 1.84 bits per heavy atom. The maximum absolute atomic E-state index is 13.3. The molecule has 0 spiro atoms. The van der Waals surface area contributed by atoms with Crippen molar-refractivity contribution in [2.75, 3.05) is 17.7 Å². The molecule has 3 rings (SSSR count). The predicted molar refractivity (Wildman–Crippen MR) is 112 cm³/mol. The number of halogens is 3. The van der Waals surface area contributed by atoms with Crippen LogP contribution in [0.5, 0.6) is 0 Å². The minimum atomic E-state index is -4.59. The summed E-state index contributed by atoms with van der Waals surface area (Å²) in [5.41, 5.74) is -0.0992. The van der Waals surface area contributed by atoms with Crippen molar-refractivity contribution in [2.24, 2.45) is 0 Å². The van der Waals surface area contributed by atoms with Crippen LogP contribution in [0.2, 0.25) is 0 Å². The lowest BCUT2D eigenvalue weighted by atomic mass is 9.90. The zero-order valence-corrected chi connectivity index (χ0v) is 17.3. The maximum Gasteiger partial charge on any atom is 0.417 e. The Balaban J connectivity index is 1.60. The fourth-order valence-electron chi connectivity index (χ4n) is 3.84. The highest BCUT2D eigenvalue weighted by atomic mass is 19.4. The number of pyridine rings is 1. The Morgan fingerprint density at radius 3 is 2.45 bits per heavy atom. The van der Waals surface area contributed by atoms with Crippen molar-refractivity contribution in [1.29, 1.82) is 5.26 Å². The molecule has 164 valence electrons. The van der Waals surface area contributed by atoms with Gasteiger partial charge in [-0.25, -0.2) is 4.98 Å². The molecule has 9 heteroatoms. The second-order valence-corrected chi connectivity index (χ2v) is 7.67. The van der Waals surface area contributed by atoms with E-state index in [1.165, 1.54) is 6.92 Å². The predicted octanol–water partition coefficient (Wildman–Crippen LogP) is 4.48. The van der Waals surface area contributed by atoms with Crippen molar-refractivity contribution in [3.8, 4) is 6.07 Å². The Hall–Kier alpha value is -3.28. The Labute approximate surface area is 178 Å². The zero-order valence-electron chi connectivity index (χ0n) is 17.3. The summed E-state index contributed by atoms with van der Waals surface area (Å²) in [6.45, 7) is 1.50. The molecule has 1 saturated carbocycles. The zero-order chi connectivity index (χ0) is 22.6. The van der Waals surface area contributed by atoms with E-state index < -0.39 is 11.7 Å². The van der Waals surface area contributed by atoms with Gasteiger partial charge in [0, 0.05) is 36.6 Å². The van der Waals surface area contributed by atoms with E-state index in [-0.39, 0.29) is 23.6 Å². The van der Waals surface area contributed by atoms with E-state index in [2.05, 4.69) is 20.9 Å². The molecule has 1 amide bonds. The number of benzene rings is 1. The average molecular weight is 431 g/mol. The first kappa shape index (κ1) is 22.4. The monoisotopic (exact) mass is 431 g/mol. The lowest BCUT2D eigenvalue weighted by Crippen LogP contribution is -2.40. The molecule has 31 heavy (non-hydrogen) atoms. The molecule has 1 aliphatic carbocycles. The molecule has 1 aliphatic rings. The number of hydrogen-bond acceptors (Lipinski definition) is 5. The van der Waals surface area contributed by atoms with E-state index in [1.54, 1.807) is 37.5 Å². The second kappa shape index (κ2) is 9.25. The fourth-order valence-corrected chi connectivity index (χ4v) is 3.84.